The number of ether oxygens (including phenoxy) is 1. The summed E-state index contributed by atoms with van der Waals surface area (Å²) in [6.07, 6.45) is 2.97. The molecule has 0 bridgehead atoms. The second-order valence-corrected chi connectivity index (χ2v) is 6.37. The standard InChI is InChI=1S/C20H26N4O/c1-15-5-4-11-22-19(15)13-23-20(21-2)24-12-10-17(14-24)16-6-8-18(25-3)9-7-16/h4-9,11,17H,10,12-14H2,1-3H3,(H,21,23). The summed E-state index contributed by atoms with van der Waals surface area (Å²) in [6.45, 7) is 4.77. The Morgan fingerprint density at radius 2 is 2.12 bits per heavy atom. The van der Waals surface area contributed by atoms with E-state index in [1.54, 1.807) is 7.11 Å². The molecule has 1 aromatic heterocycles. The highest BCUT2D eigenvalue weighted by molar-refractivity contribution is 5.80. The summed E-state index contributed by atoms with van der Waals surface area (Å²) in [4.78, 5) is 11.2. The van der Waals surface area contributed by atoms with Crippen LogP contribution < -0.4 is 10.1 Å². The van der Waals surface area contributed by atoms with Crippen molar-refractivity contribution in [3.05, 3.63) is 59.4 Å². The lowest BCUT2D eigenvalue weighted by Gasteiger charge is -2.22. The Morgan fingerprint density at radius 1 is 1.32 bits per heavy atom. The number of aromatic nitrogens is 1. The average Bonchev–Trinajstić information content (AvgIpc) is 3.14. The fourth-order valence-corrected chi connectivity index (χ4v) is 3.30. The normalized spacial score (nSPS) is 17.6. The Hall–Kier alpha value is -2.56. The maximum absolute atomic E-state index is 5.25. The SMILES string of the molecule is CN=C(NCc1ncccc1C)N1CCC(c2ccc(OC)cc2)C1. The van der Waals surface area contributed by atoms with Crippen LogP contribution in [-0.2, 0) is 6.54 Å². The first-order valence-corrected chi connectivity index (χ1v) is 8.71. The lowest BCUT2D eigenvalue weighted by Crippen LogP contribution is -2.39. The highest BCUT2D eigenvalue weighted by Crippen LogP contribution is 2.28. The summed E-state index contributed by atoms with van der Waals surface area (Å²) in [6, 6.07) is 12.5. The van der Waals surface area contributed by atoms with Crippen LogP contribution in [0.15, 0.2) is 47.6 Å². The molecule has 2 aromatic rings. The maximum Gasteiger partial charge on any atom is 0.193 e. The molecule has 1 atom stereocenters. The summed E-state index contributed by atoms with van der Waals surface area (Å²) in [5.74, 6) is 2.38. The number of aryl methyl sites for hydroxylation is 1. The monoisotopic (exact) mass is 338 g/mol. The van der Waals surface area contributed by atoms with Crippen LogP contribution in [0.2, 0.25) is 0 Å². The van der Waals surface area contributed by atoms with E-state index in [2.05, 4.69) is 45.3 Å². The van der Waals surface area contributed by atoms with Crippen LogP contribution in [0.4, 0.5) is 0 Å². The molecule has 0 radical (unpaired) electrons. The van der Waals surface area contributed by atoms with E-state index in [4.69, 9.17) is 4.74 Å². The predicted molar refractivity (Wildman–Crippen MR) is 101 cm³/mol. The molecule has 1 aliphatic rings. The van der Waals surface area contributed by atoms with Crippen molar-refractivity contribution < 1.29 is 4.74 Å². The second kappa shape index (κ2) is 8.01. The Morgan fingerprint density at radius 3 is 2.80 bits per heavy atom. The third kappa shape index (κ3) is 4.10. The molecule has 1 N–H and O–H groups in total. The minimum atomic E-state index is 0.529. The Labute approximate surface area is 149 Å². The second-order valence-electron chi connectivity index (χ2n) is 6.37. The van der Waals surface area contributed by atoms with Gasteiger partial charge in [-0.05, 0) is 42.7 Å². The molecule has 1 fully saturated rings. The molecule has 3 rings (SSSR count). The van der Waals surface area contributed by atoms with Crippen LogP contribution in [-0.4, -0.2) is 43.1 Å². The van der Waals surface area contributed by atoms with Gasteiger partial charge in [0.25, 0.3) is 0 Å². The van der Waals surface area contributed by atoms with Crippen molar-refractivity contribution in [2.24, 2.45) is 4.99 Å². The predicted octanol–water partition coefficient (Wildman–Crippen LogP) is 2.96. The number of pyridine rings is 1. The molecule has 2 heterocycles. The quantitative estimate of drug-likeness (QED) is 0.688. The number of guanidine groups is 1. The third-order valence-corrected chi connectivity index (χ3v) is 4.82. The zero-order chi connectivity index (χ0) is 17.6. The van der Waals surface area contributed by atoms with E-state index < -0.39 is 0 Å². The van der Waals surface area contributed by atoms with Crippen LogP contribution in [0.5, 0.6) is 5.75 Å². The van der Waals surface area contributed by atoms with Crippen LogP contribution >= 0.6 is 0 Å². The van der Waals surface area contributed by atoms with Crippen molar-refractivity contribution in [1.29, 1.82) is 0 Å². The first-order chi connectivity index (χ1) is 12.2. The van der Waals surface area contributed by atoms with Gasteiger partial charge in [-0.25, -0.2) is 0 Å². The van der Waals surface area contributed by atoms with Crippen molar-refractivity contribution in [3.8, 4) is 5.75 Å². The number of benzene rings is 1. The number of rotatable bonds is 4. The molecule has 0 saturated carbocycles. The minimum Gasteiger partial charge on any atom is -0.497 e. The van der Waals surface area contributed by atoms with Gasteiger partial charge in [0.05, 0.1) is 19.3 Å². The van der Waals surface area contributed by atoms with Gasteiger partial charge in [0.1, 0.15) is 5.75 Å². The fourth-order valence-electron chi connectivity index (χ4n) is 3.30. The van der Waals surface area contributed by atoms with Crippen LogP contribution in [0, 0.1) is 6.92 Å². The first kappa shape index (κ1) is 17.3. The molecular formula is C20H26N4O. The topological polar surface area (TPSA) is 49.8 Å². The summed E-state index contributed by atoms with van der Waals surface area (Å²) < 4.78 is 5.25. The van der Waals surface area contributed by atoms with Gasteiger partial charge in [-0.2, -0.15) is 0 Å². The van der Waals surface area contributed by atoms with E-state index in [1.807, 2.05) is 31.4 Å². The van der Waals surface area contributed by atoms with E-state index in [1.165, 1.54) is 11.1 Å². The van der Waals surface area contributed by atoms with E-state index in [9.17, 15) is 0 Å². The van der Waals surface area contributed by atoms with Gasteiger partial charge in [-0.15, -0.1) is 0 Å². The molecule has 25 heavy (non-hydrogen) atoms. The van der Waals surface area contributed by atoms with Crippen LogP contribution in [0.25, 0.3) is 0 Å². The fraction of sp³-hybridized carbons (Fsp3) is 0.400. The van der Waals surface area contributed by atoms with E-state index in [0.717, 1.165) is 36.9 Å². The van der Waals surface area contributed by atoms with E-state index in [0.29, 0.717) is 12.5 Å². The van der Waals surface area contributed by atoms with Gasteiger partial charge in [-0.1, -0.05) is 18.2 Å². The van der Waals surface area contributed by atoms with Crippen molar-refractivity contribution >= 4 is 5.96 Å². The lowest BCUT2D eigenvalue weighted by atomic mass is 9.98. The molecular weight excluding hydrogens is 312 g/mol. The van der Waals surface area contributed by atoms with Gasteiger partial charge in [0.2, 0.25) is 0 Å². The van der Waals surface area contributed by atoms with Gasteiger partial charge < -0.3 is 15.0 Å². The van der Waals surface area contributed by atoms with Crippen molar-refractivity contribution in [2.45, 2.75) is 25.8 Å². The number of hydrogen-bond donors (Lipinski definition) is 1. The Kier molecular flexibility index (Phi) is 5.53. The van der Waals surface area contributed by atoms with E-state index >= 15 is 0 Å². The van der Waals surface area contributed by atoms with Crippen molar-refractivity contribution in [2.75, 3.05) is 27.2 Å². The van der Waals surface area contributed by atoms with Gasteiger partial charge in [0, 0.05) is 32.3 Å². The average molecular weight is 338 g/mol. The highest BCUT2D eigenvalue weighted by Gasteiger charge is 2.26. The first-order valence-electron chi connectivity index (χ1n) is 8.71. The molecule has 1 aromatic carbocycles. The van der Waals surface area contributed by atoms with Crippen molar-refractivity contribution in [1.82, 2.24) is 15.2 Å². The summed E-state index contributed by atoms with van der Waals surface area (Å²) >= 11 is 0. The zero-order valence-corrected chi connectivity index (χ0v) is 15.2. The number of methoxy groups -OCH3 is 1. The molecule has 1 aliphatic heterocycles. The summed E-state index contributed by atoms with van der Waals surface area (Å²) in [5.41, 5.74) is 3.62. The molecule has 132 valence electrons. The minimum absolute atomic E-state index is 0.529. The van der Waals surface area contributed by atoms with Crippen molar-refractivity contribution in [3.63, 3.8) is 0 Å². The third-order valence-electron chi connectivity index (χ3n) is 4.82. The lowest BCUT2D eigenvalue weighted by molar-refractivity contribution is 0.414. The number of likely N-dealkylation sites (tertiary alicyclic amines) is 1. The van der Waals surface area contributed by atoms with Gasteiger partial charge in [-0.3, -0.25) is 9.98 Å². The molecule has 0 aliphatic carbocycles. The molecule has 5 heteroatoms. The van der Waals surface area contributed by atoms with Gasteiger partial charge >= 0.3 is 0 Å². The summed E-state index contributed by atoms with van der Waals surface area (Å²) in [5, 5.41) is 3.45. The number of nitrogens with one attached hydrogen (secondary N) is 1. The molecule has 1 saturated heterocycles. The number of hydrogen-bond acceptors (Lipinski definition) is 3. The Balaban J connectivity index is 1.60. The largest absolute Gasteiger partial charge is 0.497 e. The summed E-state index contributed by atoms with van der Waals surface area (Å²) in [7, 11) is 3.54. The highest BCUT2D eigenvalue weighted by atomic mass is 16.5. The molecule has 0 spiro atoms. The van der Waals surface area contributed by atoms with Crippen LogP contribution in [0.3, 0.4) is 0 Å². The Bertz CT molecular complexity index is 727. The maximum atomic E-state index is 5.25. The van der Waals surface area contributed by atoms with Crippen LogP contribution in [0.1, 0.15) is 29.2 Å². The van der Waals surface area contributed by atoms with E-state index in [-0.39, 0.29) is 0 Å². The molecule has 0 amide bonds. The number of nitrogens with zero attached hydrogens (tertiary/aromatic N) is 3. The van der Waals surface area contributed by atoms with Gasteiger partial charge in [0.15, 0.2) is 5.96 Å². The zero-order valence-electron chi connectivity index (χ0n) is 15.2. The number of aliphatic imine (C=N–C) groups is 1. The molecule has 5 nitrogen and oxygen atoms in total. The molecule has 1 unspecified atom stereocenters. The smallest absolute Gasteiger partial charge is 0.193 e.